The smallest absolute Gasteiger partial charge is 0.540 e. The van der Waals surface area contributed by atoms with E-state index >= 15 is 0 Å². The Balaban J connectivity index is 0.00000200. The number of aliphatic carboxylic acids is 1. The number of hydrogen-bond donors (Lipinski definition) is 0. The molecule has 2 rings (SSSR count). The van der Waals surface area contributed by atoms with Crippen molar-refractivity contribution in [2.24, 2.45) is 5.92 Å². The molecule has 1 aromatic rings. The molecule has 0 saturated carbocycles. The molecule has 20 heavy (non-hydrogen) atoms. The molecule has 1 saturated heterocycles. The number of piperidine rings is 1. The Labute approximate surface area is 131 Å². The summed E-state index contributed by atoms with van der Waals surface area (Å²) in [6.07, 6.45) is 1.79. The number of carbonyl (C=O) groups excluding carboxylic acids is 2. The molecule has 2 atom stereocenters. The molecule has 102 valence electrons. The Hall–Kier alpha value is -1.24. The topological polar surface area (TPSA) is 60.4 Å². The van der Waals surface area contributed by atoms with E-state index in [1.807, 2.05) is 38.1 Å². The fourth-order valence-electron chi connectivity index (χ4n) is 2.72. The van der Waals surface area contributed by atoms with Crippen LogP contribution in [0.1, 0.15) is 36.9 Å². The summed E-state index contributed by atoms with van der Waals surface area (Å²) in [6.45, 7) is 4.49. The van der Waals surface area contributed by atoms with Gasteiger partial charge in [0, 0.05) is 6.54 Å². The molecule has 1 amide bonds. The van der Waals surface area contributed by atoms with Gasteiger partial charge in [-0.15, -0.1) is 0 Å². The second-order valence-corrected chi connectivity index (χ2v) is 5.36. The maximum atomic E-state index is 11.8. The molecule has 0 N–H and O–H groups in total. The van der Waals surface area contributed by atoms with Crippen LogP contribution in [0.2, 0.25) is 0 Å². The zero-order valence-electron chi connectivity index (χ0n) is 12.3. The summed E-state index contributed by atoms with van der Waals surface area (Å²) in [5, 5.41) is 10.8. The monoisotopic (exact) mass is 267 g/mol. The van der Waals surface area contributed by atoms with Crippen LogP contribution in [0.15, 0.2) is 24.3 Å². The van der Waals surface area contributed by atoms with Gasteiger partial charge in [-0.2, -0.15) is 0 Å². The molecule has 4 nitrogen and oxygen atoms in total. The second kappa shape index (κ2) is 6.96. The minimum Gasteiger partial charge on any atom is -0.540 e. The summed E-state index contributed by atoms with van der Waals surface area (Å²) in [5.41, 5.74) is 2.11. The number of carbonyl (C=O) groups is 2. The SMILES string of the molecule is Cc1cccc(C2CCC(C)CN2C(=O)C(=O)[O-])c1.[Li+]. The van der Waals surface area contributed by atoms with Crippen LogP contribution in [-0.4, -0.2) is 23.3 Å². The number of rotatable bonds is 1. The Morgan fingerprint density at radius 2 is 2.00 bits per heavy atom. The fourth-order valence-corrected chi connectivity index (χ4v) is 2.72. The first-order valence-electron chi connectivity index (χ1n) is 6.57. The summed E-state index contributed by atoms with van der Waals surface area (Å²) < 4.78 is 0. The number of aryl methyl sites for hydroxylation is 1. The van der Waals surface area contributed by atoms with Crippen LogP contribution in [0.3, 0.4) is 0 Å². The molecule has 0 spiro atoms. The quantitative estimate of drug-likeness (QED) is 0.439. The zero-order chi connectivity index (χ0) is 14.0. The molecule has 0 aliphatic carbocycles. The summed E-state index contributed by atoms with van der Waals surface area (Å²) in [4.78, 5) is 24.1. The Bertz CT molecular complexity index is 504. The van der Waals surface area contributed by atoms with Crippen LogP contribution in [0.4, 0.5) is 0 Å². The van der Waals surface area contributed by atoms with E-state index in [9.17, 15) is 14.7 Å². The van der Waals surface area contributed by atoms with Crippen LogP contribution >= 0.6 is 0 Å². The van der Waals surface area contributed by atoms with Gasteiger partial charge in [-0.25, -0.2) is 0 Å². The van der Waals surface area contributed by atoms with Gasteiger partial charge in [0.2, 0.25) is 0 Å². The maximum absolute atomic E-state index is 11.8. The van der Waals surface area contributed by atoms with Crippen molar-refractivity contribution in [2.75, 3.05) is 6.54 Å². The molecule has 0 aromatic heterocycles. The van der Waals surface area contributed by atoms with Gasteiger partial charge in [-0.3, -0.25) is 4.79 Å². The van der Waals surface area contributed by atoms with Crippen molar-refractivity contribution in [1.82, 2.24) is 4.90 Å². The average Bonchev–Trinajstić information content (AvgIpc) is 2.37. The third-order valence-corrected chi connectivity index (χ3v) is 3.68. The van der Waals surface area contributed by atoms with Crippen molar-refractivity contribution in [3.05, 3.63) is 35.4 Å². The number of benzene rings is 1. The van der Waals surface area contributed by atoms with Gasteiger partial charge in [0.25, 0.3) is 5.91 Å². The number of carboxylic acids is 1. The molecule has 1 heterocycles. The number of amides is 1. The van der Waals surface area contributed by atoms with E-state index < -0.39 is 11.9 Å². The summed E-state index contributed by atoms with van der Waals surface area (Å²) in [7, 11) is 0. The van der Waals surface area contributed by atoms with Gasteiger partial charge in [-0.1, -0.05) is 36.8 Å². The van der Waals surface area contributed by atoms with E-state index in [0.29, 0.717) is 12.5 Å². The summed E-state index contributed by atoms with van der Waals surface area (Å²) in [6, 6.07) is 7.73. The molecule has 2 unspecified atom stereocenters. The molecule has 1 aromatic carbocycles. The Kier molecular flexibility index (Phi) is 5.85. The molecular weight excluding hydrogens is 249 g/mol. The first kappa shape index (κ1) is 16.8. The van der Waals surface area contributed by atoms with Gasteiger partial charge < -0.3 is 14.8 Å². The molecular formula is C15H18LiNO3. The molecule has 1 aliphatic rings. The largest absolute Gasteiger partial charge is 1.00 e. The number of hydrogen-bond acceptors (Lipinski definition) is 3. The van der Waals surface area contributed by atoms with E-state index in [1.54, 1.807) is 0 Å². The van der Waals surface area contributed by atoms with Crippen molar-refractivity contribution < 1.29 is 33.6 Å². The maximum Gasteiger partial charge on any atom is 1.00 e. The molecule has 1 aliphatic heterocycles. The van der Waals surface area contributed by atoms with Gasteiger partial charge >= 0.3 is 18.9 Å². The van der Waals surface area contributed by atoms with Gasteiger partial charge in [0.15, 0.2) is 0 Å². The molecule has 0 radical (unpaired) electrons. The van der Waals surface area contributed by atoms with Crippen LogP contribution < -0.4 is 24.0 Å². The van der Waals surface area contributed by atoms with Crippen molar-refractivity contribution >= 4 is 11.9 Å². The van der Waals surface area contributed by atoms with E-state index in [4.69, 9.17) is 0 Å². The van der Waals surface area contributed by atoms with E-state index in [2.05, 4.69) is 0 Å². The van der Waals surface area contributed by atoms with Crippen molar-refractivity contribution in [2.45, 2.75) is 32.7 Å². The third-order valence-electron chi connectivity index (χ3n) is 3.68. The number of carboxylic acid groups (broad SMARTS) is 1. The van der Waals surface area contributed by atoms with Crippen molar-refractivity contribution in [3.8, 4) is 0 Å². The van der Waals surface area contributed by atoms with E-state index in [-0.39, 0.29) is 24.9 Å². The van der Waals surface area contributed by atoms with Crippen LogP contribution in [0, 0.1) is 12.8 Å². The summed E-state index contributed by atoms with van der Waals surface area (Å²) >= 11 is 0. The molecule has 0 bridgehead atoms. The van der Waals surface area contributed by atoms with Gasteiger partial charge in [0.1, 0.15) is 5.97 Å². The van der Waals surface area contributed by atoms with Gasteiger partial charge in [0.05, 0.1) is 6.04 Å². The second-order valence-electron chi connectivity index (χ2n) is 5.36. The minimum absolute atomic E-state index is 0. The number of nitrogens with zero attached hydrogens (tertiary/aromatic N) is 1. The van der Waals surface area contributed by atoms with E-state index in [1.165, 1.54) is 4.90 Å². The van der Waals surface area contributed by atoms with Crippen LogP contribution in [0.25, 0.3) is 0 Å². The number of likely N-dealkylation sites (tertiary alicyclic amines) is 1. The predicted molar refractivity (Wildman–Crippen MR) is 69.0 cm³/mol. The van der Waals surface area contributed by atoms with Crippen LogP contribution in [0.5, 0.6) is 0 Å². The standard InChI is InChI=1S/C15H19NO3.Li/c1-10-4-3-5-12(8-10)13-7-6-11(2)9-16(13)14(17)15(18)19;/h3-5,8,11,13H,6-7,9H2,1-2H3,(H,18,19);/q;+1/p-1. The molecule has 1 fully saturated rings. The Morgan fingerprint density at radius 1 is 1.30 bits per heavy atom. The van der Waals surface area contributed by atoms with E-state index in [0.717, 1.165) is 24.0 Å². The fraction of sp³-hybridized carbons (Fsp3) is 0.467. The molecule has 5 heteroatoms. The van der Waals surface area contributed by atoms with Crippen LogP contribution in [-0.2, 0) is 9.59 Å². The zero-order valence-corrected chi connectivity index (χ0v) is 12.3. The average molecular weight is 267 g/mol. The van der Waals surface area contributed by atoms with Crippen molar-refractivity contribution in [3.63, 3.8) is 0 Å². The Morgan fingerprint density at radius 3 is 2.60 bits per heavy atom. The first-order chi connectivity index (χ1) is 8.99. The van der Waals surface area contributed by atoms with Crippen molar-refractivity contribution in [1.29, 1.82) is 0 Å². The van der Waals surface area contributed by atoms with Gasteiger partial charge in [-0.05, 0) is 31.2 Å². The third kappa shape index (κ3) is 3.65. The minimum atomic E-state index is -1.62. The predicted octanol–water partition coefficient (Wildman–Crippen LogP) is -1.95. The normalized spacial score (nSPS) is 22.0. The summed E-state index contributed by atoms with van der Waals surface area (Å²) in [5.74, 6) is -2.20. The first-order valence-corrected chi connectivity index (χ1v) is 6.57.